The summed E-state index contributed by atoms with van der Waals surface area (Å²) in [6, 6.07) is 4.47. The molecular weight excluding hydrogens is 164 g/mol. The Morgan fingerprint density at radius 3 is 2.67 bits per heavy atom. The summed E-state index contributed by atoms with van der Waals surface area (Å²) in [6.07, 6.45) is 4.33. The Morgan fingerprint density at radius 2 is 2.17 bits per heavy atom. The van der Waals surface area contributed by atoms with Crippen LogP contribution in [0.5, 0.6) is 0 Å². The predicted octanol–water partition coefficient (Wildman–Crippen LogP) is 3.68. The molecule has 0 saturated carbocycles. The van der Waals surface area contributed by atoms with E-state index in [1.165, 1.54) is 9.75 Å². The van der Waals surface area contributed by atoms with Crippen molar-refractivity contribution in [3.8, 4) is 0 Å². The normalized spacial score (nSPS) is 12.8. The van der Waals surface area contributed by atoms with Crippen molar-refractivity contribution in [3.63, 3.8) is 0 Å². The maximum atomic E-state index is 3.79. The molecule has 0 radical (unpaired) electrons. The van der Waals surface area contributed by atoms with Gasteiger partial charge in [0.2, 0.25) is 0 Å². The Balaban J connectivity index is 2.57. The highest BCUT2D eigenvalue weighted by Crippen LogP contribution is 2.20. The van der Waals surface area contributed by atoms with Gasteiger partial charge in [-0.2, -0.15) is 0 Å². The Labute approximate surface area is 78.9 Å². The van der Waals surface area contributed by atoms with E-state index < -0.39 is 0 Å². The van der Waals surface area contributed by atoms with Gasteiger partial charge in [0.1, 0.15) is 0 Å². The van der Waals surface area contributed by atoms with Crippen molar-refractivity contribution in [2.45, 2.75) is 26.7 Å². The second-order valence-corrected chi connectivity index (χ2v) is 4.39. The van der Waals surface area contributed by atoms with Crippen molar-refractivity contribution < 1.29 is 0 Å². The third-order valence-corrected chi connectivity index (χ3v) is 3.24. The molecule has 0 aliphatic heterocycles. The quantitative estimate of drug-likeness (QED) is 0.620. The van der Waals surface area contributed by atoms with Crippen molar-refractivity contribution >= 4 is 11.3 Å². The molecule has 1 unspecified atom stereocenters. The molecule has 0 saturated heterocycles. The van der Waals surface area contributed by atoms with Gasteiger partial charge in [0.05, 0.1) is 0 Å². The van der Waals surface area contributed by atoms with Crippen molar-refractivity contribution in [3.05, 3.63) is 34.5 Å². The van der Waals surface area contributed by atoms with Crippen LogP contribution in [0.3, 0.4) is 0 Å². The smallest absolute Gasteiger partial charge is 0.00539 e. The van der Waals surface area contributed by atoms with E-state index >= 15 is 0 Å². The van der Waals surface area contributed by atoms with Crippen LogP contribution in [0.2, 0.25) is 0 Å². The van der Waals surface area contributed by atoms with Gasteiger partial charge in [-0.3, -0.25) is 0 Å². The van der Waals surface area contributed by atoms with E-state index in [9.17, 15) is 0 Å². The van der Waals surface area contributed by atoms with Gasteiger partial charge < -0.3 is 0 Å². The Bertz CT molecular complexity index is 247. The summed E-state index contributed by atoms with van der Waals surface area (Å²) in [7, 11) is 0. The Kier molecular flexibility index (Phi) is 3.54. The molecule has 1 heteroatoms. The monoisotopic (exact) mass is 180 g/mol. The van der Waals surface area contributed by atoms with Crippen LogP contribution in [0.1, 0.15) is 23.6 Å². The van der Waals surface area contributed by atoms with Crippen LogP contribution in [-0.4, -0.2) is 0 Å². The lowest BCUT2D eigenvalue weighted by Crippen LogP contribution is -1.91. The number of thiophene rings is 1. The average molecular weight is 180 g/mol. The third kappa shape index (κ3) is 2.49. The molecule has 1 aromatic rings. The lowest BCUT2D eigenvalue weighted by atomic mass is 10.1. The van der Waals surface area contributed by atoms with Crippen molar-refractivity contribution in [2.24, 2.45) is 5.92 Å². The summed E-state index contributed by atoms with van der Waals surface area (Å²) >= 11 is 1.93. The first-order chi connectivity index (χ1) is 5.76. The Hall–Kier alpha value is -0.560. The van der Waals surface area contributed by atoms with Crippen LogP contribution in [0.4, 0.5) is 0 Å². The molecule has 0 nitrogen and oxygen atoms in total. The summed E-state index contributed by atoms with van der Waals surface area (Å²) in [5.41, 5.74) is 0. The Morgan fingerprint density at radius 1 is 1.50 bits per heavy atom. The fourth-order valence-electron chi connectivity index (χ4n) is 1.12. The largest absolute Gasteiger partial charge is 0.145 e. The fraction of sp³-hybridized carbons (Fsp3) is 0.455. The number of allylic oxidation sites excluding steroid dienone is 1. The molecule has 1 atom stereocenters. The van der Waals surface area contributed by atoms with E-state index in [-0.39, 0.29) is 0 Å². The van der Waals surface area contributed by atoms with E-state index in [0.29, 0.717) is 5.92 Å². The van der Waals surface area contributed by atoms with Crippen LogP contribution < -0.4 is 0 Å². The van der Waals surface area contributed by atoms with E-state index in [2.05, 4.69) is 32.6 Å². The molecule has 66 valence electrons. The molecule has 1 heterocycles. The molecule has 0 bridgehead atoms. The van der Waals surface area contributed by atoms with Gasteiger partial charge in [-0.15, -0.1) is 17.9 Å². The second kappa shape index (κ2) is 4.46. The predicted molar refractivity (Wildman–Crippen MR) is 56.8 cm³/mol. The maximum absolute atomic E-state index is 3.79. The van der Waals surface area contributed by atoms with Crippen molar-refractivity contribution in [1.29, 1.82) is 0 Å². The highest BCUT2D eigenvalue weighted by Gasteiger charge is 2.01. The number of hydrogen-bond donors (Lipinski definition) is 0. The topological polar surface area (TPSA) is 0 Å². The first-order valence-corrected chi connectivity index (χ1v) is 5.28. The van der Waals surface area contributed by atoms with Crippen LogP contribution in [-0.2, 0) is 12.8 Å². The lowest BCUT2D eigenvalue weighted by Gasteiger charge is -2.01. The van der Waals surface area contributed by atoms with Gasteiger partial charge in [-0.1, -0.05) is 19.9 Å². The average Bonchev–Trinajstić information content (AvgIpc) is 2.52. The lowest BCUT2D eigenvalue weighted by molar-refractivity contribution is 0.735. The van der Waals surface area contributed by atoms with Gasteiger partial charge in [0, 0.05) is 9.75 Å². The molecule has 0 aromatic carbocycles. The highest BCUT2D eigenvalue weighted by atomic mass is 32.1. The van der Waals surface area contributed by atoms with E-state index in [1.807, 2.05) is 17.4 Å². The highest BCUT2D eigenvalue weighted by molar-refractivity contribution is 7.11. The molecule has 1 aromatic heterocycles. The summed E-state index contributed by atoms with van der Waals surface area (Å²) in [6.45, 7) is 8.20. The summed E-state index contributed by atoms with van der Waals surface area (Å²) in [4.78, 5) is 2.97. The first kappa shape index (κ1) is 9.53. The first-order valence-electron chi connectivity index (χ1n) is 4.46. The molecular formula is C11H16S. The fourth-order valence-corrected chi connectivity index (χ4v) is 2.22. The summed E-state index contributed by atoms with van der Waals surface area (Å²) < 4.78 is 0. The minimum Gasteiger partial charge on any atom is -0.145 e. The van der Waals surface area contributed by atoms with Crippen LogP contribution in [0.15, 0.2) is 24.8 Å². The zero-order chi connectivity index (χ0) is 8.97. The standard InChI is InChI=1S/C11H16S/c1-4-9(3)8-11-7-6-10(5-2)12-11/h4,6-7,9H,1,5,8H2,2-3H3. The number of hydrogen-bond acceptors (Lipinski definition) is 1. The van der Waals surface area contributed by atoms with E-state index in [4.69, 9.17) is 0 Å². The minimum atomic E-state index is 0.605. The van der Waals surface area contributed by atoms with Gasteiger partial charge in [-0.25, -0.2) is 0 Å². The SMILES string of the molecule is C=CC(C)Cc1ccc(CC)s1. The van der Waals surface area contributed by atoms with Crippen LogP contribution in [0, 0.1) is 5.92 Å². The van der Waals surface area contributed by atoms with Gasteiger partial charge in [0.25, 0.3) is 0 Å². The van der Waals surface area contributed by atoms with Gasteiger partial charge in [0.15, 0.2) is 0 Å². The number of aryl methyl sites for hydroxylation is 1. The van der Waals surface area contributed by atoms with Crippen molar-refractivity contribution in [1.82, 2.24) is 0 Å². The van der Waals surface area contributed by atoms with Crippen molar-refractivity contribution in [2.75, 3.05) is 0 Å². The maximum Gasteiger partial charge on any atom is 0.00539 e. The molecule has 12 heavy (non-hydrogen) atoms. The molecule has 0 fully saturated rings. The summed E-state index contributed by atoms with van der Waals surface area (Å²) in [5.74, 6) is 0.605. The molecule has 0 aliphatic rings. The zero-order valence-corrected chi connectivity index (χ0v) is 8.66. The van der Waals surface area contributed by atoms with E-state index in [0.717, 1.165) is 12.8 Å². The van der Waals surface area contributed by atoms with Gasteiger partial charge in [-0.05, 0) is 30.9 Å². The van der Waals surface area contributed by atoms with Crippen LogP contribution in [0.25, 0.3) is 0 Å². The molecule has 1 rings (SSSR count). The number of rotatable bonds is 4. The molecule has 0 N–H and O–H groups in total. The zero-order valence-electron chi connectivity index (χ0n) is 7.84. The molecule has 0 spiro atoms. The third-order valence-electron chi connectivity index (χ3n) is 1.99. The molecule has 0 amide bonds. The van der Waals surface area contributed by atoms with E-state index in [1.54, 1.807) is 0 Å². The van der Waals surface area contributed by atoms with Crippen LogP contribution >= 0.6 is 11.3 Å². The summed E-state index contributed by atoms with van der Waals surface area (Å²) in [5, 5.41) is 0. The van der Waals surface area contributed by atoms with Gasteiger partial charge >= 0.3 is 0 Å². The minimum absolute atomic E-state index is 0.605. The molecule has 0 aliphatic carbocycles. The second-order valence-electron chi connectivity index (χ2n) is 3.14.